The molecule has 9 heteroatoms. The summed E-state index contributed by atoms with van der Waals surface area (Å²) in [4.78, 5) is 29.4. The molecule has 0 aliphatic carbocycles. The summed E-state index contributed by atoms with van der Waals surface area (Å²) < 4.78 is 1.65. The molecule has 0 spiro atoms. The SMILES string of the molecule is Cc1nc(-c2nc(Cl)cs2)ncc1C(=O)Nn1ccc2cnccc21. The van der Waals surface area contributed by atoms with E-state index in [0.29, 0.717) is 27.2 Å². The molecular formula is C16H11ClN6OS. The van der Waals surface area contributed by atoms with Crippen molar-refractivity contribution in [1.29, 1.82) is 0 Å². The van der Waals surface area contributed by atoms with Crippen molar-refractivity contribution in [3.05, 3.63) is 58.7 Å². The van der Waals surface area contributed by atoms with Crippen LogP contribution in [0.25, 0.3) is 21.7 Å². The fraction of sp³-hybridized carbons (Fsp3) is 0.0625. The highest BCUT2D eigenvalue weighted by molar-refractivity contribution is 7.13. The lowest BCUT2D eigenvalue weighted by molar-refractivity contribution is 0.101. The molecule has 0 aromatic carbocycles. The minimum Gasteiger partial charge on any atom is -0.267 e. The largest absolute Gasteiger partial charge is 0.273 e. The van der Waals surface area contributed by atoms with Crippen LogP contribution in [-0.4, -0.2) is 30.5 Å². The average molecular weight is 371 g/mol. The minimum absolute atomic E-state index is 0.296. The molecule has 0 unspecified atom stereocenters. The Morgan fingerprint density at radius 1 is 1.28 bits per heavy atom. The van der Waals surface area contributed by atoms with Crippen molar-refractivity contribution >= 4 is 39.7 Å². The lowest BCUT2D eigenvalue weighted by atomic mass is 10.2. The van der Waals surface area contributed by atoms with Gasteiger partial charge in [0.15, 0.2) is 10.8 Å². The number of hydrogen-bond acceptors (Lipinski definition) is 6. The fourth-order valence-electron chi connectivity index (χ4n) is 2.40. The van der Waals surface area contributed by atoms with Crippen LogP contribution in [0.2, 0.25) is 5.15 Å². The van der Waals surface area contributed by atoms with Crippen molar-refractivity contribution in [2.45, 2.75) is 6.92 Å². The Hall–Kier alpha value is -2.84. The molecule has 0 atom stereocenters. The van der Waals surface area contributed by atoms with Gasteiger partial charge in [0.05, 0.1) is 16.8 Å². The van der Waals surface area contributed by atoms with E-state index in [1.54, 1.807) is 35.6 Å². The zero-order valence-electron chi connectivity index (χ0n) is 13.0. The van der Waals surface area contributed by atoms with Gasteiger partial charge in [-0.2, -0.15) is 0 Å². The molecule has 0 bridgehead atoms. The molecule has 4 rings (SSSR count). The summed E-state index contributed by atoms with van der Waals surface area (Å²) in [5, 5.41) is 3.66. The van der Waals surface area contributed by atoms with Crippen molar-refractivity contribution in [3.8, 4) is 10.8 Å². The van der Waals surface area contributed by atoms with Crippen LogP contribution < -0.4 is 5.43 Å². The van der Waals surface area contributed by atoms with Gasteiger partial charge < -0.3 is 0 Å². The Balaban J connectivity index is 1.62. The number of amides is 1. The molecule has 4 aromatic heterocycles. The zero-order chi connectivity index (χ0) is 17.4. The van der Waals surface area contributed by atoms with E-state index in [4.69, 9.17) is 11.6 Å². The first kappa shape index (κ1) is 15.7. The summed E-state index contributed by atoms with van der Waals surface area (Å²) >= 11 is 7.18. The van der Waals surface area contributed by atoms with Gasteiger partial charge in [0, 0.05) is 35.6 Å². The number of thiazole rings is 1. The average Bonchev–Trinajstić information content (AvgIpc) is 3.21. The molecular weight excluding hydrogens is 360 g/mol. The third-order valence-electron chi connectivity index (χ3n) is 3.60. The molecule has 4 aromatic rings. The molecule has 124 valence electrons. The predicted molar refractivity (Wildman–Crippen MR) is 96.3 cm³/mol. The summed E-state index contributed by atoms with van der Waals surface area (Å²) in [7, 11) is 0. The molecule has 0 saturated carbocycles. The molecule has 0 aliphatic rings. The summed E-state index contributed by atoms with van der Waals surface area (Å²) in [6.07, 6.45) is 6.68. The zero-order valence-corrected chi connectivity index (χ0v) is 14.5. The predicted octanol–water partition coefficient (Wildman–Crippen LogP) is 3.30. The number of hydrogen-bond donors (Lipinski definition) is 1. The van der Waals surface area contributed by atoms with Crippen LogP contribution in [0.4, 0.5) is 0 Å². The summed E-state index contributed by atoms with van der Waals surface area (Å²) in [5.74, 6) is 0.152. The second kappa shape index (κ2) is 6.23. The quantitative estimate of drug-likeness (QED) is 0.598. The highest BCUT2D eigenvalue weighted by atomic mass is 35.5. The smallest absolute Gasteiger partial charge is 0.267 e. The number of aryl methyl sites for hydroxylation is 1. The first-order valence-electron chi connectivity index (χ1n) is 7.29. The number of aromatic nitrogens is 5. The molecule has 7 nitrogen and oxygen atoms in total. The molecule has 4 heterocycles. The second-order valence-corrected chi connectivity index (χ2v) is 6.47. The Morgan fingerprint density at radius 2 is 2.16 bits per heavy atom. The van der Waals surface area contributed by atoms with E-state index in [1.165, 1.54) is 17.5 Å². The summed E-state index contributed by atoms with van der Waals surface area (Å²) in [5.41, 5.74) is 4.63. The van der Waals surface area contributed by atoms with Crippen LogP contribution in [0, 0.1) is 6.92 Å². The van der Waals surface area contributed by atoms with Crippen LogP contribution in [0.5, 0.6) is 0 Å². The number of rotatable bonds is 3. The number of pyridine rings is 1. The van der Waals surface area contributed by atoms with E-state index in [0.717, 1.165) is 10.9 Å². The Bertz CT molecular complexity index is 1090. The van der Waals surface area contributed by atoms with E-state index < -0.39 is 0 Å². The van der Waals surface area contributed by atoms with Crippen molar-refractivity contribution in [2.75, 3.05) is 5.43 Å². The monoisotopic (exact) mass is 370 g/mol. The van der Waals surface area contributed by atoms with Gasteiger partial charge in [-0.25, -0.2) is 15.0 Å². The lowest BCUT2D eigenvalue weighted by Gasteiger charge is -2.09. The number of fused-ring (bicyclic) bond motifs is 1. The van der Waals surface area contributed by atoms with Crippen molar-refractivity contribution in [3.63, 3.8) is 0 Å². The standard InChI is InChI=1S/C16H11ClN6OS/c1-9-11(7-19-14(20-9)16-21-13(17)8-25-16)15(24)22-23-5-3-10-6-18-4-2-12(10)23/h2-8H,1H3,(H,22,24). The van der Waals surface area contributed by atoms with Crippen LogP contribution in [-0.2, 0) is 0 Å². The van der Waals surface area contributed by atoms with E-state index in [2.05, 4.69) is 25.4 Å². The van der Waals surface area contributed by atoms with Gasteiger partial charge in [-0.3, -0.25) is 19.9 Å². The first-order chi connectivity index (χ1) is 12.1. The van der Waals surface area contributed by atoms with Crippen LogP contribution >= 0.6 is 22.9 Å². The Kier molecular flexibility index (Phi) is 3.90. The summed E-state index contributed by atoms with van der Waals surface area (Å²) in [6, 6.07) is 3.70. The second-order valence-electron chi connectivity index (χ2n) is 5.23. The maximum Gasteiger partial charge on any atom is 0.273 e. The van der Waals surface area contributed by atoms with Crippen LogP contribution in [0.1, 0.15) is 16.1 Å². The number of nitrogens with zero attached hydrogens (tertiary/aromatic N) is 5. The molecule has 0 aliphatic heterocycles. The third-order valence-corrected chi connectivity index (χ3v) is 4.77. The van der Waals surface area contributed by atoms with Gasteiger partial charge in [0.2, 0.25) is 0 Å². The summed E-state index contributed by atoms with van der Waals surface area (Å²) in [6.45, 7) is 1.76. The molecule has 1 N–H and O–H groups in total. The highest BCUT2D eigenvalue weighted by Gasteiger charge is 2.15. The van der Waals surface area contributed by atoms with Gasteiger partial charge in [0.25, 0.3) is 5.91 Å². The number of halogens is 1. The topological polar surface area (TPSA) is 85.6 Å². The first-order valence-corrected chi connectivity index (χ1v) is 8.55. The fourth-order valence-corrected chi connectivity index (χ4v) is 3.28. The van der Waals surface area contributed by atoms with Crippen molar-refractivity contribution < 1.29 is 4.79 Å². The Morgan fingerprint density at radius 3 is 2.92 bits per heavy atom. The normalized spacial score (nSPS) is 11.0. The van der Waals surface area contributed by atoms with E-state index >= 15 is 0 Å². The van der Waals surface area contributed by atoms with Crippen LogP contribution in [0.3, 0.4) is 0 Å². The van der Waals surface area contributed by atoms with E-state index in [1.807, 2.05) is 12.1 Å². The van der Waals surface area contributed by atoms with Gasteiger partial charge in [-0.1, -0.05) is 11.6 Å². The lowest BCUT2D eigenvalue weighted by Crippen LogP contribution is -2.23. The van der Waals surface area contributed by atoms with Gasteiger partial charge >= 0.3 is 0 Å². The minimum atomic E-state index is -0.296. The third kappa shape index (κ3) is 2.97. The van der Waals surface area contributed by atoms with Gasteiger partial charge in [0.1, 0.15) is 5.15 Å². The maximum atomic E-state index is 12.6. The van der Waals surface area contributed by atoms with E-state index in [-0.39, 0.29) is 5.91 Å². The number of nitrogens with one attached hydrogen (secondary N) is 1. The van der Waals surface area contributed by atoms with E-state index in [9.17, 15) is 4.79 Å². The Labute approximate surface area is 151 Å². The van der Waals surface area contributed by atoms with Crippen molar-refractivity contribution in [2.24, 2.45) is 0 Å². The molecule has 0 radical (unpaired) electrons. The maximum absolute atomic E-state index is 12.6. The van der Waals surface area contributed by atoms with Gasteiger partial charge in [-0.15, -0.1) is 11.3 Å². The van der Waals surface area contributed by atoms with Crippen molar-refractivity contribution in [1.82, 2.24) is 24.6 Å². The molecule has 25 heavy (non-hydrogen) atoms. The molecule has 0 fully saturated rings. The number of carbonyl (C=O) groups is 1. The van der Waals surface area contributed by atoms with Crippen LogP contribution in [0.15, 0.2) is 42.3 Å². The molecule has 1 amide bonds. The van der Waals surface area contributed by atoms with Gasteiger partial charge in [-0.05, 0) is 19.1 Å². The number of carbonyl (C=O) groups excluding carboxylic acids is 1. The molecule has 0 saturated heterocycles. The highest BCUT2D eigenvalue weighted by Crippen LogP contribution is 2.23.